The zero-order chi connectivity index (χ0) is 14.0. The summed E-state index contributed by atoms with van der Waals surface area (Å²) in [5.74, 6) is -1.56. The van der Waals surface area contributed by atoms with Gasteiger partial charge in [-0.15, -0.1) is 0 Å². The van der Waals surface area contributed by atoms with Gasteiger partial charge in [-0.05, 0) is 36.4 Å². The van der Waals surface area contributed by atoms with Gasteiger partial charge in [-0.25, -0.2) is 8.78 Å². The molecule has 0 aromatic heterocycles. The van der Waals surface area contributed by atoms with Crippen LogP contribution in [0.4, 0.5) is 20.2 Å². The Hall–Kier alpha value is -1.95. The SMILES string of the molecule is Nc1cc(F)ccc1NC(=O)c1cc(F)cc(Br)c1. The van der Waals surface area contributed by atoms with Gasteiger partial charge in [-0.1, -0.05) is 15.9 Å². The Labute approximate surface area is 116 Å². The smallest absolute Gasteiger partial charge is 0.255 e. The van der Waals surface area contributed by atoms with E-state index in [9.17, 15) is 13.6 Å². The van der Waals surface area contributed by atoms with Crippen molar-refractivity contribution in [3.8, 4) is 0 Å². The number of benzene rings is 2. The van der Waals surface area contributed by atoms with Gasteiger partial charge in [-0.2, -0.15) is 0 Å². The van der Waals surface area contributed by atoms with E-state index in [-0.39, 0.29) is 16.9 Å². The third-order valence-electron chi connectivity index (χ3n) is 2.39. The van der Waals surface area contributed by atoms with E-state index in [4.69, 9.17) is 5.73 Å². The van der Waals surface area contributed by atoms with Gasteiger partial charge in [0.1, 0.15) is 11.6 Å². The zero-order valence-electron chi connectivity index (χ0n) is 9.58. The molecule has 0 spiro atoms. The number of carbonyl (C=O) groups is 1. The molecule has 2 rings (SSSR count). The molecule has 19 heavy (non-hydrogen) atoms. The summed E-state index contributed by atoms with van der Waals surface area (Å²) < 4.78 is 26.5. The summed E-state index contributed by atoms with van der Waals surface area (Å²) in [5.41, 5.74) is 6.08. The van der Waals surface area contributed by atoms with E-state index in [0.29, 0.717) is 4.47 Å². The van der Waals surface area contributed by atoms with E-state index >= 15 is 0 Å². The quantitative estimate of drug-likeness (QED) is 0.829. The molecule has 2 aromatic rings. The topological polar surface area (TPSA) is 55.1 Å². The van der Waals surface area contributed by atoms with Gasteiger partial charge in [0.05, 0.1) is 11.4 Å². The van der Waals surface area contributed by atoms with Crippen LogP contribution >= 0.6 is 15.9 Å². The van der Waals surface area contributed by atoms with Gasteiger partial charge in [0.2, 0.25) is 0 Å². The summed E-state index contributed by atoms with van der Waals surface area (Å²) in [7, 11) is 0. The highest BCUT2D eigenvalue weighted by Gasteiger charge is 2.10. The fourth-order valence-electron chi connectivity index (χ4n) is 1.53. The lowest BCUT2D eigenvalue weighted by Gasteiger charge is -2.08. The molecular formula is C13H9BrF2N2O. The van der Waals surface area contributed by atoms with Crippen LogP contribution in [0, 0.1) is 11.6 Å². The van der Waals surface area contributed by atoms with Crippen LogP contribution in [0.1, 0.15) is 10.4 Å². The molecule has 3 N–H and O–H groups in total. The Bertz CT molecular complexity index is 626. The summed E-state index contributed by atoms with van der Waals surface area (Å²) in [5, 5.41) is 2.49. The van der Waals surface area contributed by atoms with Gasteiger partial charge in [-0.3, -0.25) is 4.79 Å². The summed E-state index contributed by atoms with van der Waals surface area (Å²) in [6.45, 7) is 0. The summed E-state index contributed by atoms with van der Waals surface area (Å²) in [4.78, 5) is 11.9. The predicted molar refractivity (Wildman–Crippen MR) is 72.9 cm³/mol. The second kappa shape index (κ2) is 5.36. The number of nitrogens with two attached hydrogens (primary N) is 1. The Kier molecular flexibility index (Phi) is 3.80. The van der Waals surface area contributed by atoms with E-state index in [1.165, 1.54) is 24.3 Å². The first kappa shape index (κ1) is 13.5. The average Bonchev–Trinajstić information content (AvgIpc) is 2.31. The van der Waals surface area contributed by atoms with Crippen LogP contribution < -0.4 is 11.1 Å². The van der Waals surface area contributed by atoms with Gasteiger partial charge < -0.3 is 11.1 Å². The number of rotatable bonds is 2. The fourth-order valence-corrected chi connectivity index (χ4v) is 1.99. The van der Waals surface area contributed by atoms with Crippen molar-refractivity contribution in [2.24, 2.45) is 0 Å². The Balaban J connectivity index is 2.25. The lowest BCUT2D eigenvalue weighted by Crippen LogP contribution is -2.13. The van der Waals surface area contributed by atoms with Crippen LogP contribution in [-0.2, 0) is 0 Å². The molecule has 0 aliphatic carbocycles. The molecular weight excluding hydrogens is 318 g/mol. The molecule has 0 aliphatic rings. The van der Waals surface area contributed by atoms with Gasteiger partial charge in [0, 0.05) is 10.0 Å². The fraction of sp³-hybridized carbons (Fsp3) is 0. The summed E-state index contributed by atoms with van der Waals surface area (Å²) >= 11 is 3.10. The molecule has 0 fully saturated rings. The molecule has 0 aliphatic heterocycles. The Morgan fingerprint density at radius 1 is 1.11 bits per heavy atom. The number of anilines is 2. The normalized spacial score (nSPS) is 10.3. The van der Waals surface area contributed by atoms with E-state index in [0.717, 1.165) is 12.1 Å². The second-order valence-corrected chi connectivity index (χ2v) is 4.76. The van der Waals surface area contributed by atoms with Crippen molar-refractivity contribution in [3.63, 3.8) is 0 Å². The maximum absolute atomic E-state index is 13.2. The van der Waals surface area contributed by atoms with Crippen LogP contribution in [0.15, 0.2) is 40.9 Å². The first-order valence-electron chi connectivity index (χ1n) is 5.28. The van der Waals surface area contributed by atoms with Crippen molar-refractivity contribution in [2.75, 3.05) is 11.1 Å². The number of halogens is 3. The van der Waals surface area contributed by atoms with Gasteiger partial charge in [0.15, 0.2) is 0 Å². The molecule has 0 bridgehead atoms. The molecule has 0 radical (unpaired) electrons. The largest absolute Gasteiger partial charge is 0.397 e. The molecule has 2 aromatic carbocycles. The molecule has 0 saturated heterocycles. The van der Waals surface area contributed by atoms with Crippen LogP contribution in [0.3, 0.4) is 0 Å². The van der Waals surface area contributed by atoms with Gasteiger partial charge >= 0.3 is 0 Å². The number of amides is 1. The van der Waals surface area contributed by atoms with Crippen LogP contribution in [0.5, 0.6) is 0 Å². The van der Waals surface area contributed by atoms with Crippen LogP contribution in [-0.4, -0.2) is 5.91 Å². The molecule has 0 heterocycles. The number of hydrogen-bond acceptors (Lipinski definition) is 2. The van der Waals surface area contributed by atoms with E-state index in [2.05, 4.69) is 21.2 Å². The number of hydrogen-bond donors (Lipinski definition) is 2. The highest BCUT2D eigenvalue weighted by Crippen LogP contribution is 2.21. The Morgan fingerprint density at radius 2 is 1.84 bits per heavy atom. The maximum Gasteiger partial charge on any atom is 0.255 e. The third kappa shape index (κ3) is 3.29. The maximum atomic E-state index is 13.2. The van der Waals surface area contributed by atoms with E-state index in [1.807, 2.05) is 0 Å². The molecule has 1 amide bonds. The first-order valence-corrected chi connectivity index (χ1v) is 6.07. The van der Waals surface area contributed by atoms with Crippen molar-refractivity contribution in [3.05, 3.63) is 58.1 Å². The van der Waals surface area contributed by atoms with Crippen molar-refractivity contribution in [2.45, 2.75) is 0 Å². The van der Waals surface area contributed by atoms with Crippen molar-refractivity contribution in [1.29, 1.82) is 0 Å². The highest BCUT2D eigenvalue weighted by molar-refractivity contribution is 9.10. The minimum absolute atomic E-state index is 0.101. The second-order valence-electron chi connectivity index (χ2n) is 3.84. The monoisotopic (exact) mass is 326 g/mol. The summed E-state index contributed by atoms with van der Waals surface area (Å²) in [6.07, 6.45) is 0. The third-order valence-corrected chi connectivity index (χ3v) is 2.84. The molecule has 0 saturated carbocycles. The van der Waals surface area contributed by atoms with Crippen molar-refractivity contribution < 1.29 is 13.6 Å². The Morgan fingerprint density at radius 3 is 2.47 bits per heavy atom. The molecule has 0 unspecified atom stereocenters. The first-order chi connectivity index (χ1) is 8.95. The van der Waals surface area contributed by atoms with Crippen molar-refractivity contribution >= 4 is 33.2 Å². The number of nitrogens with one attached hydrogen (secondary N) is 1. The summed E-state index contributed by atoms with van der Waals surface area (Å²) in [6, 6.07) is 7.42. The van der Waals surface area contributed by atoms with Crippen LogP contribution in [0.2, 0.25) is 0 Å². The van der Waals surface area contributed by atoms with Crippen LogP contribution in [0.25, 0.3) is 0 Å². The predicted octanol–water partition coefficient (Wildman–Crippen LogP) is 3.56. The highest BCUT2D eigenvalue weighted by atomic mass is 79.9. The average molecular weight is 327 g/mol. The van der Waals surface area contributed by atoms with Gasteiger partial charge in [0.25, 0.3) is 5.91 Å². The lowest BCUT2D eigenvalue weighted by molar-refractivity contribution is 0.102. The molecule has 6 heteroatoms. The molecule has 0 atom stereocenters. The standard InChI is InChI=1S/C13H9BrF2N2O/c14-8-3-7(4-10(16)5-8)13(19)18-12-2-1-9(15)6-11(12)17/h1-6H,17H2,(H,18,19). The van der Waals surface area contributed by atoms with E-state index < -0.39 is 17.5 Å². The van der Waals surface area contributed by atoms with Crippen molar-refractivity contribution in [1.82, 2.24) is 0 Å². The minimum atomic E-state index is -0.536. The molecule has 98 valence electrons. The minimum Gasteiger partial charge on any atom is -0.397 e. The van der Waals surface area contributed by atoms with E-state index in [1.54, 1.807) is 0 Å². The lowest BCUT2D eigenvalue weighted by atomic mass is 10.2. The molecule has 3 nitrogen and oxygen atoms in total. The number of carbonyl (C=O) groups excluding carboxylic acids is 1. The number of nitrogen functional groups attached to an aromatic ring is 1. The zero-order valence-corrected chi connectivity index (χ0v) is 11.2.